The number of halogens is 2. The molecule has 186 valence electrons. The molecule has 35 heavy (non-hydrogen) atoms. The monoisotopic (exact) mass is 501 g/mol. The molecule has 0 radical (unpaired) electrons. The van der Waals surface area contributed by atoms with E-state index in [0.717, 1.165) is 5.56 Å². The SMILES string of the molecule is CCOC(=O)[C@H](CCNC)C[C@@H](Cc1ccc(-c2cc(Cl)ccc2F)cc1)NC(=O)c1cnn[nH]1. The van der Waals surface area contributed by atoms with Gasteiger partial charge < -0.3 is 15.4 Å². The third kappa shape index (κ3) is 7.60. The van der Waals surface area contributed by atoms with Crippen LogP contribution in [-0.4, -0.2) is 53.5 Å². The Bertz CT molecular complexity index is 1110. The second kappa shape index (κ2) is 13.0. The van der Waals surface area contributed by atoms with Crippen LogP contribution in [-0.2, 0) is 16.0 Å². The quantitative estimate of drug-likeness (QED) is 0.326. The van der Waals surface area contributed by atoms with Crippen molar-refractivity contribution in [1.29, 1.82) is 0 Å². The van der Waals surface area contributed by atoms with E-state index in [9.17, 15) is 14.0 Å². The molecule has 3 rings (SSSR count). The third-order valence-electron chi connectivity index (χ3n) is 5.60. The van der Waals surface area contributed by atoms with Crippen LogP contribution in [0.15, 0.2) is 48.7 Å². The van der Waals surface area contributed by atoms with Gasteiger partial charge in [0.2, 0.25) is 0 Å². The molecular formula is C25H29ClFN5O3. The molecule has 1 heterocycles. The number of esters is 1. The summed E-state index contributed by atoms with van der Waals surface area (Å²) in [5.74, 6) is -1.42. The van der Waals surface area contributed by atoms with Crippen LogP contribution in [0.3, 0.4) is 0 Å². The van der Waals surface area contributed by atoms with Gasteiger partial charge in [0.1, 0.15) is 11.5 Å². The molecule has 2 atom stereocenters. The first-order chi connectivity index (χ1) is 16.9. The lowest BCUT2D eigenvalue weighted by Crippen LogP contribution is -2.40. The number of nitrogens with zero attached hydrogens (tertiary/aromatic N) is 2. The maximum absolute atomic E-state index is 14.3. The Kier molecular flexibility index (Phi) is 9.75. The van der Waals surface area contributed by atoms with Crippen LogP contribution in [0.4, 0.5) is 4.39 Å². The predicted octanol–water partition coefficient (Wildman–Crippen LogP) is 3.78. The Balaban J connectivity index is 1.80. The molecule has 1 aromatic heterocycles. The molecule has 0 saturated heterocycles. The summed E-state index contributed by atoms with van der Waals surface area (Å²) in [4.78, 5) is 25.3. The molecular weight excluding hydrogens is 473 g/mol. The van der Waals surface area contributed by atoms with Crippen LogP contribution in [0.5, 0.6) is 0 Å². The highest BCUT2D eigenvalue weighted by molar-refractivity contribution is 6.30. The number of carbonyl (C=O) groups is 2. The molecule has 0 bridgehead atoms. The molecule has 8 nitrogen and oxygen atoms in total. The number of hydrogen-bond donors (Lipinski definition) is 3. The Morgan fingerprint density at radius 2 is 1.97 bits per heavy atom. The van der Waals surface area contributed by atoms with E-state index in [0.29, 0.717) is 42.0 Å². The van der Waals surface area contributed by atoms with Gasteiger partial charge in [-0.25, -0.2) is 4.39 Å². The zero-order valence-electron chi connectivity index (χ0n) is 19.7. The number of nitrogens with one attached hydrogen (secondary N) is 3. The molecule has 0 fully saturated rings. The lowest BCUT2D eigenvalue weighted by atomic mass is 9.91. The van der Waals surface area contributed by atoms with Crippen molar-refractivity contribution in [1.82, 2.24) is 26.0 Å². The normalized spacial score (nSPS) is 12.7. The lowest BCUT2D eigenvalue weighted by molar-refractivity contribution is -0.148. The van der Waals surface area contributed by atoms with Gasteiger partial charge in [-0.1, -0.05) is 41.1 Å². The van der Waals surface area contributed by atoms with Gasteiger partial charge >= 0.3 is 5.97 Å². The maximum atomic E-state index is 14.3. The van der Waals surface area contributed by atoms with Gasteiger partial charge in [0.25, 0.3) is 5.91 Å². The number of aromatic amines is 1. The average Bonchev–Trinajstić information content (AvgIpc) is 3.39. The number of carbonyl (C=O) groups excluding carboxylic acids is 2. The summed E-state index contributed by atoms with van der Waals surface area (Å²) in [6, 6.07) is 11.4. The Morgan fingerprint density at radius 3 is 2.63 bits per heavy atom. The average molecular weight is 502 g/mol. The molecule has 1 amide bonds. The molecule has 3 N–H and O–H groups in total. The number of benzene rings is 2. The summed E-state index contributed by atoms with van der Waals surface area (Å²) >= 11 is 6.03. The zero-order chi connectivity index (χ0) is 25.2. The molecule has 2 aromatic carbocycles. The van der Waals surface area contributed by atoms with E-state index in [1.165, 1.54) is 18.3 Å². The number of hydrogen-bond acceptors (Lipinski definition) is 6. The fourth-order valence-corrected chi connectivity index (χ4v) is 4.01. The summed E-state index contributed by atoms with van der Waals surface area (Å²) < 4.78 is 19.5. The molecule has 0 saturated carbocycles. The van der Waals surface area contributed by atoms with Gasteiger partial charge in [0, 0.05) is 16.6 Å². The van der Waals surface area contributed by atoms with Crippen molar-refractivity contribution < 1.29 is 18.7 Å². The van der Waals surface area contributed by atoms with Crippen molar-refractivity contribution in [3.63, 3.8) is 0 Å². The summed E-state index contributed by atoms with van der Waals surface area (Å²) in [5.41, 5.74) is 2.25. The first-order valence-electron chi connectivity index (χ1n) is 11.4. The second-order valence-electron chi connectivity index (χ2n) is 8.14. The fraction of sp³-hybridized carbons (Fsp3) is 0.360. The zero-order valence-corrected chi connectivity index (χ0v) is 20.4. The molecule has 10 heteroatoms. The Hall–Kier alpha value is -3.30. The van der Waals surface area contributed by atoms with Crippen LogP contribution in [0, 0.1) is 11.7 Å². The standard InChI is InChI=1S/C25H29ClFN5O3/c1-3-35-25(34)18(10-11-28-2)13-20(30-24(33)23-15-29-32-31-23)12-16-4-6-17(7-5-16)21-14-19(26)8-9-22(21)27/h4-9,14-15,18,20,28H,3,10-13H2,1-2H3,(H,30,33)(H,29,31,32)/t18-,20-/m1/s1. The van der Waals surface area contributed by atoms with Gasteiger partial charge in [-0.2, -0.15) is 0 Å². The van der Waals surface area contributed by atoms with Crippen molar-refractivity contribution in [2.24, 2.45) is 5.92 Å². The molecule has 0 aliphatic carbocycles. The third-order valence-corrected chi connectivity index (χ3v) is 5.84. The van der Waals surface area contributed by atoms with Crippen LogP contribution in [0.25, 0.3) is 11.1 Å². The van der Waals surface area contributed by atoms with Crippen LogP contribution < -0.4 is 10.6 Å². The van der Waals surface area contributed by atoms with Gasteiger partial charge in [-0.05, 0) is 69.1 Å². The minimum atomic E-state index is -0.396. The molecule has 0 aliphatic rings. The van der Waals surface area contributed by atoms with Crippen LogP contribution >= 0.6 is 11.6 Å². The van der Waals surface area contributed by atoms with Crippen molar-refractivity contribution in [2.45, 2.75) is 32.2 Å². The highest BCUT2D eigenvalue weighted by atomic mass is 35.5. The first-order valence-corrected chi connectivity index (χ1v) is 11.8. The summed E-state index contributed by atoms with van der Waals surface area (Å²) in [5, 5.41) is 16.3. The van der Waals surface area contributed by atoms with E-state index in [1.807, 2.05) is 31.3 Å². The minimum Gasteiger partial charge on any atom is -0.466 e. The number of H-pyrrole nitrogens is 1. The molecule has 0 spiro atoms. The maximum Gasteiger partial charge on any atom is 0.309 e. The van der Waals surface area contributed by atoms with Gasteiger partial charge in [0.15, 0.2) is 0 Å². The van der Waals surface area contributed by atoms with Crippen molar-refractivity contribution >= 4 is 23.5 Å². The Labute approximate surface area is 208 Å². The minimum absolute atomic E-state index is 0.227. The van der Waals surface area contributed by atoms with E-state index in [2.05, 4.69) is 26.0 Å². The van der Waals surface area contributed by atoms with Crippen LogP contribution in [0.1, 0.15) is 35.8 Å². The summed E-state index contributed by atoms with van der Waals surface area (Å²) in [6.45, 7) is 2.68. The van der Waals surface area contributed by atoms with Gasteiger partial charge in [-0.15, -0.1) is 5.10 Å². The number of rotatable bonds is 12. The van der Waals surface area contributed by atoms with E-state index in [-0.39, 0.29) is 36.0 Å². The fourth-order valence-electron chi connectivity index (χ4n) is 3.84. The highest BCUT2D eigenvalue weighted by Gasteiger charge is 2.26. The van der Waals surface area contributed by atoms with E-state index in [1.54, 1.807) is 13.0 Å². The lowest BCUT2D eigenvalue weighted by Gasteiger charge is -2.24. The van der Waals surface area contributed by atoms with Crippen molar-refractivity contribution in [3.8, 4) is 11.1 Å². The largest absolute Gasteiger partial charge is 0.466 e. The second-order valence-corrected chi connectivity index (χ2v) is 8.58. The Morgan fingerprint density at radius 1 is 1.20 bits per heavy atom. The highest BCUT2D eigenvalue weighted by Crippen LogP contribution is 2.27. The van der Waals surface area contributed by atoms with E-state index < -0.39 is 5.92 Å². The first kappa shape index (κ1) is 26.3. The molecule has 3 aromatic rings. The van der Waals surface area contributed by atoms with E-state index in [4.69, 9.17) is 16.3 Å². The number of ether oxygens (including phenoxy) is 1. The predicted molar refractivity (Wildman–Crippen MR) is 131 cm³/mol. The number of amides is 1. The van der Waals surface area contributed by atoms with Crippen molar-refractivity contribution in [3.05, 3.63) is 70.8 Å². The molecule has 0 aliphatic heterocycles. The summed E-state index contributed by atoms with van der Waals surface area (Å²) in [7, 11) is 1.82. The van der Waals surface area contributed by atoms with Gasteiger partial charge in [0.05, 0.1) is 18.7 Å². The van der Waals surface area contributed by atoms with Gasteiger partial charge in [-0.3, -0.25) is 14.7 Å². The van der Waals surface area contributed by atoms with E-state index >= 15 is 0 Å². The summed E-state index contributed by atoms with van der Waals surface area (Å²) in [6.07, 6.45) is 2.75. The van der Waals surface area contributed by atoms with Crippen LogP contribution in [0.2, 0.25) is 5.02 Å². The van der Waals surface area contributed by atoms with Crippen molar-refractivity contribution in [2.75, 3.05) is 20.2 Å². The number of aromatic nitrogens is 3. The topological polar surface area (TPSA) is 109 Å². The smallest absolute Gasteiger partial charge is 0.309 e. The molecule has 0 unspecified atom stereocenters.